The van der Waals surface area contributed by atoms with Crippen molar-refractivity contribution in [3.05, 3.63) is 44.0 Å². The first-order valence-electron chi connectivity index (χ1n) is 4.82. The largest absolute Gasteiger partial charge is 0.293 e. The van der Waals surface area contributed by atoms with Gasteiger partial charge in [0.15, 0.2) is 0 Å². The normalized spacial score (nSPS) is 10.9. The number of hydrazone groups is 1. The van der Waals surface area contributed by atoms with Gasteiger partial charge in [-0.3, -0.25) is 19.8 Å². The maximum Gasteiger partial charge on any atom is 0.289 e. The highest BCUT2D eigenvalue weighted by atomic mass is 32.1. The Morgan fingerprint density at radius 1 is 1.53 bits per heavy atom. The van der Waals surface area contributed by atoms with Gasteiger partial charge in [-0.2, -0.15) is 5.10 Å². The molecule has 17 heavy (non-hydrogen) atoms. The number of nitrogens with one attached hydrogen (secondary N) is 3. The van der Waals surface area contributed by atoms with Gasteiger partial charge in [0.05, 0.1) is 6.21 Å². The number of hydrogen-bond donors (Lipinski definition) is 3. The topological polar surface area (TPSA) is 90.1 Å². The van der Waals surface area contributed by atoms with E-state index in [0.29, 0.717) is 5.56 Å². The van der Waals surface area contributed by atoms with Crippen molar-refractivity contribution < 1.29 is 4.79 Å². The van der Waals surface area contributed by atoms with Gasteiger partial charge in [0, 0.05) is 10.4 Å². The van der Waals surface area contributed by atoms with E-state index < -0.39 is 5.91 Å². The number of H-pyrrole nitrogens is 2. The number of carbonyl (C=O) groups is 1. The van der Waals surface area contributed by atoms with Gasteiger partial charge in [0.25, 0.3) is 11.5 Å². The van der Waals surface area contributed by atoms with Crippen LogP contribution in [0.1, 0.15) is 20.9 Å². The Morgan fingerprint density at radius 2 is 2.35 bits per heavy atom. The van der Waals surface area contributed by atoms with E-state index >= 15 is 0 Å². The first-order valence-corrected chi connectivity index (χ1v) is 5.70. The molecule has 2 aromatic heterocycles. The number of aromatic amines is 2. The summed E-state index contributed by atoms with van der Waals surface area (Å²) in [5, 5.41) is 10.5. The minimum absolute atomic E-state index is 0.193. The summed E-state index contributed by atoms with van der Waals surface area (Å²) in [6.07, 6.45) is 1.54. The zero-order valence-electron chi connectivity index (χ0n) is 8.98. The molecule has 2 heterocycles. The third-order valence-electron chi connectivity index (χ3n) is 2.14. The van der Waals surface area contributed by atoms with Crippen LogP contribution in [0.15, 0.2) is 27.4 Å². The molecule has 7 heteroatoms. The van der Waals surface area contributed by atoms with Crippen LogP contribution in [0, 0.1) is 6.92 Å². The van der Waals surface area contributed by atoms with E-state index in [4.69, 9.17) is 0 Å². The van der Waals surface area contributed by atoms with E-state index in [0.717, 1.165) is 4.88 Å². The molecule has 0 saturated heterocycles. The maximum absolute atomic E-state index is 11.6. The first-order chi connectivity index (χ1) is 8.18. The standard InChI is InChI=1S/C10H10N4O2S/c1-6-8(12-14-9(6)15)10(16)13-11-5-7-3-2-4-17-7/h2-5H,1H3,(H,13,16)(H2,12,14,15)/b11-5-. The maximum atomic E-state index is 11.6. The van der Waals surface area contributed by atoms with Crippen molar-refractivity contribution in [1.29, 1.82) is 0 Å². The molecule has 2 rings (SSSR count). The van der Waals surface area contributed by atoms with Gasteiger partial charge >= 0.3 is 0 Å². The third-order valence-corrected chi connectivity index (χ3v) is 2.95. The van der Waals surface area contributed by atoms with Crippen molar-refractivity contribution in [3.8, 4) is 0 Å². The van der Waals surface area contributed by atoms with Crippen LogP contribution in [-0.2, 0) is 0 Å². The Hall–Kier alpha value is -2.15. The van der Waals surface area contributed by atoms with Gasteiger partial charge in [-0.05, 0) is 18.4 Å². The van der Waals surface area contributed by atoms with E-state index in [-0.39, 0.29) is 11.3 Å². The van der Waals surface area contributed by atoms with Crippen LogP contribution in [0.25, 0.3) is 0 Å². The Kier molecular flexibility index (Phi) is 3.20. The molecule has 0 aliphatic heterocycles. The highest BCUT2D eigenvalue weighted by Crippen LogP contribution is 2.04. The number of hydrogen-bond acceptors (Lipinski definition) is 4. The lowest BCUT2D eigenvalue weighted by molar-refractivity contribution is 0.0949. The first kappa shape index (κ1) is 11.3. The molecular formula is C10H10N4O2S. The Morgan fingerprint density at radius 3 is 2.94 bits per heavy atom. The second-order valence-corrected chi connectivity index (χ2v) is 4.27. The lowest BCUT2D eigenvalue weighted by atomic mass is 10.3. The molecule has 88 valence electrons. The monoisotopic (exact) mass is 250 g/mol. The van der Waals surface area contributed by atoms with Crippen molar-refractivity contribution >= 4 is 23.5 Å². The molecule has 1 amide bonds. The fourth-order valence-corrected chi connectivity index (χ4v) is 1.81. The average molecular weight is 250 g/mol. The van der Waals surface area contributed by atoms with Crippen molar-refractivity contribution in [1.82, 2.24) is 15.6 Å². The summed E-state index contributed by atoms with van der Waals surface area (Å²) in [6.45, 7) is 1.56. The molecule has 0 spiro atoms. The second-order valence-electron chi connectivity index (χ2n) is 3.29. The Bertz CT molecular complexity index is 594. The minimum Gasteiger partial charge on any atom is -0.293 e. The average Bonchev–Trinajstić information content (AvgIpc) is 2.91. The summed E-state index contributed by atoms with van der Waals surface area (Å²) in [5.41, 5.74) is 2.56. The van der Waals surface area contributed by atoms with Gasteiger partial charge in [-0.25, -0.2) is 5.43 Å². The van der Waals surface area contributed by atoms with E-state index in [9.17, 15) is 9.59 Å². The van der Waals surface area contributed by atoms with Crippen molar-refractivity contribution in [2.24, 2.45) is 5.10 Å². The molecule has 2 aromatic rings. The molecule has 0 atom stereocenters. The summed E-state index contributed by atoms with van der Waals surface area (Å²) in [7, 11) is 0. The van der Waals surface area contributed by atoms with E-state index in [1.54, 1.807) is 13.1 Å². The van der Waals surface area contributed by atoms with Gasteiger partial charge in [0.2, 0.25) is 0 Å². The molecule has 0 radical (unpaired) electrons. The second kappa shape index (κ2) is 4.79. The summed E-state index contributed by atoms with van der Waals surface area (Å²) in [4.78, 5) is 23.6. The Balaban J connectivity index is 2.03. The summed E-state index contributed by atoms with van der Waals surface area (Å²) in [5.74, 6) is -0.450. The molecule has 0 fully saturated rings. The van der Waals surface area contributed by atoms with Crippen LogP contribution in [0.3, 0.4) is 0 Å². The zero-order chi connectivity index (χ0) is 12.3. The van der Waals surface area contributed by atoms with E-state index in [1.165, 1.54) is 11.3 Å². The van der Waals surface area contributed by atoms with Crippen molar-refractivity contribution in [2.75, 3.05) is 0 Å². The number of thiophene rings is 1. The smallest absolute Gasteiger partial charge is 0.289 e. The van der Waals surface area contributed by atoms with Crippen LogP contribution in [0.2, 0.25) is 0 Å². The predicted molar refractivity (Wildman–Crippen MR) is 65.5 cm³/mol. The fraction of sp³-hybridized carbons (Fsp3) is 0.100. The predicted octanol–water partition coefficient (Wildman–Crippen LogP) is 0.837. The number of aromatic nitrogens is 2. The molecule has 0 saturated carbocycles. The minimum atomic E-state index is -0.450. The molecule has 0 aliphatic rings. The molecular weight excluding hydrogens is 240 g/mol. The SMILES string of the molecule is Cc1c(C(=O)N/N=C\c2cccs2)[nH][nH]c1=O. The highest BCUT2D eigenvalue weighted by molar-refractivity contribution is 7.11. The van der Waals surface area contributed by atoms with E-state index in [2.05, 4.69) is 20.7 Å². The summed E-state index contributed by atoms with van der Waals surface area (Å²) >= 11 is 1.51. The van der Waals surface area contributed by atoms with Crippen LogP contribution < -0.4 is 11.0 Å². The molecule has 6 nitrogen and oxygen atoms in total. The quantitative estimate of drug-likeness (QED) is 0.556. The van der Waals surface area contributed by atoms with E-state index in [1.807, 2.05) is 17.5 Å². The van der Waals surface area contributed by atoms with Crippen LogP contribution >= 0.6 is 11.3 Å². The number of nitrogens with zero attached hydrogens (tertiary/aromatic N) is 1. The van der Waals surface area contributed by atoms with Crippen LogP contribution in [0.4, 0.5) is 0 Å². The lowest BCUT2D eigenvalue weighted by Gasteiger charge is -1.96. The third kappa shape index (κ3) is 2.51. The van der Waals surface area contributed by atoms with Gasteiger partial charge in [-0.15, -0.1) is 11.3 Å². The van der Waals surface area contributed by atoms with Crippen LogP contribution in [-0.4, -0.2) is 22.3 Å². The summed E-state index contributed by atoms with van der Waals surface area (Å²) in [6, 6.07) is 3.77. The Labute approximate surface area is 100 Å². The van der Waals surface area contributed by atoms with Crippen LogP contribution in [0.5, 0.6) is 0 Å². The fourth-order valence-electron chi connectivity index (χ4n) is 1.22. The van der Waals surface area contributed by atoms with Crippen molar-refractivity contribution in [3.63, 3.8) is 0 Å². The lowest BCUT2D eigenvalue weighted by Crippen LogP contribution is -2.19. The van der Waals surface area contributed by atoms with Gasteiger partial charge in [0.1, 0.15) is 5.69 Å². The number of carbonyl (C=O) groups excluding carboxylic acids is 1. The molecule has 3 N–H and O–H groups in total. The number of rotatable bonds is 3. The summed E-state index contributed by atoms with van der Waals surface area (Å²) < 4.78 is 0. The highest BCUT2D eigenvalue weighted by Gasteiger charge is 2.12. The zero-order valence-corrected chi connectivity index (χ0v) is 9.80. The number of amides is 1. The molecule has 0 aliphatic carbocycles. The molecule has 0 bridgehead atoms. The van der Waals surface area contributed by atoms with Crippen molar-refractivity contribution in [2.45, 2.75) is 6.92 Å². The molecule has 0 unspecified atom stereocenters. The molecule has 0 aromatic carbocycles. The van der Waals surface area contributed by atoms with Gasteiger partial charge in [-0.1, -0.05) is 6.07 Å². The van der Waals surface area contributed by atoms with Gasteiger partial charge < -0.3 is 0 Å².